The van der Waals surface area contributed by atoms with Crippen LogP contribution in [0.15, 0.2) is 24.3 Å². The fourth-order valence-corrected chi connectivity index (χ4v) is 1.57. The van der Waals surface area contributed by atoms with Crippen molar-refractivity contribution < 1.29 is 9.59 Å². The number of primary amides is 1. The number of rotatable bonds is 5. The third-order valence-corrected chi connectivity index (χ3v) is 2.58. The summed E-state index contributed by atoms with van der Waals surface area (Å²) in [5, 5.41) is 0. The van der Waals surface area contributed by atoms with Gasteiger partial charge in [-0.3, -0.25) is 9.59 Å². The van der Waals surface area contributed by atoms with Crippen LogP contribution in [-0.4, -0.2) is 29.6 Å². The number of hydrogen-bond donors (Lipinski definition) is 1. The first-order valence-electron chi connectivity index (χ1n) is 5.23. The molecule has 0 aliphatic carbocycles. The molecule has 0 aromatic heterocycles. The van der Waals surface area contributed by atoms with Gasteiger partial charge in [0, 0.05) is 31.5 Å². The largest absolute Gasteiger partial charge is 0.366 e. The van der Waals surface area contributed by atoms with Crippen molar-refractivity contribution in [1.82, 2.24) is 4.90 Å². The minimum atomic E-state index is -0.455. The average Bonchev–Trinajstić information content (AvgIpc) is 2.30. The van der Waals surface area contributed by atoms with Crippen LogP contribution in [0.1, 0.15) is 22.3 Å². The first-order chi connectivity index (χ1) is 8.04. The maximum absolute atomic E-state index is 11.5. The summed E-state index contributed by atoms with van der Waals surface area (Å²) in [7, 11) is 1.72. The van der Waals surface area contributed by atoms with Gasteiger partial charge in [-0.05, 0) is 17.7 Å². The second kappa shape index (κ2) is 6.25. The summed E-state index contributed by atoms with van der Waals surface area (Å²) in [5.41, 5.74) is 6.54. The van der Waals surface area contributed by atoms with E-state index in [0.717, 1.165) is 5.56 Å². The maximum Gasteiger partial charge on any atom is 0.248 e. The molecular formula is C12H15ClN2O2. The molecular weight excluding hydrogens is 240 g/mol. The van der Waals surface area contributed by atoms with Gasteiger partial charge in [-0.1, -0.05) is 12.1 Å². The van der Waals surface area contributed by atoms with Crippen molar-refractivity contribution in [1.29, 1.82) is 0 Å². The topological polar surface area (TPSA) is 63.4 Å². The lowest BCUT2D eigenvalue weighted by molar-refractivity contribution is -0.129. The van der Waals surface area contributed by atoms with E-state index in [9.17, 15) is 9.59 Å². The number of benzene rings is 1. The monoisotopic (exact) mass is 254 g/mol. The van der Waals surface area contributed by atoms with E-state index in [0.29, 0.717) is 24.4 Å². The fraction of sp³-hybridized carbons (Fsp3) is 0.333. The molecule has 92 valence electrons. The Bertz CT molecular complexity index is 403. The van der Waals surface area contributed by atoms with Gasteiger partial charge in [0.15, 0.2) is 0 Å². The molecule has 5 heteroatoms. The summed E-state index contributed by atoms with van der Waals surface area (Å²) in [5.74, 6) is -0.133. The van der Waals surface area contributed by atoms with Crippen molar-refractivity contribution >= 4 is 23.4 Å². The van der Waals surface area contributed by atoms with Gasteiger partial charge in [-0.25, -0.2) is 0 Å². The minimum Gasteiger partial charge on any atom is -0.366 e. The van der Waals surface area contributed by atoms with E-state index in [2.05, 4.69) is 0 Å². The zero-order valence-electron chi connectivity index (χ0n) is 9.65. The number of nitrogens with two attached hydrogens (primary N) is 1. The van der Waals surface area contributed by atoms with Crippen molar-refractivity contribution in [3.8, 4) is 0 Å². The highest BCUT2D eigenvalue weighted by molar-refractivity contribution is 6.18. The number of carbonyl (C=O) groups is 2. The SMILES string of the molecule is CN(Cc1ccc(C(N)=O)cc1)C(=O)CCCl. The van der Waals surface area contributed by atoms with Gasteiger partial charge >= 0.3 is 0 Å². The molecule has 1 aromatic carbocycles. The third-order valence-electron chi connectivity index (χ3n) is 2.39. The molecule has 0 unspecified atom stereocenters. The normalized spacial score (nSPS) is 10.0. The van der Waals surface area contributed by atoms with Crippen LogP contribution in [-0.2, 0) is 11.3 Å². The van der Waals surface area contributed by atoms with Gasteiger partial charge in [-0.2, -0.15) is 0 Å². The molecule has 4 nitrogen and oxygen atoms in total. The van der Waals surface area contributed by atoms with Gasteiger partial charge < -0.3 is 10.6 Å². The first kappa shape index (κ1) is 13.5. The standard InChI is InChI=1S/C12H15ClN2O2/c1-15(11(16)6-7-13)8-9-2-4-10(5-3-9)12(14)17/h2-5H,6-8H2,1H3,(H2,14,17). The molecule has 0 fully saturated rings. The van der Waals surface area contributed by atoms with Crippen molar-refractivity contribution in [3.05, 3.63) is 35.4 Å². The Labute approximate surface area is 105 Å². The van der Waals surface area contributed by atoms with Gasteiger partial charge in [0.1, 0.15) is 0 Å². The average molecular weight is 255 g/mol. The Morgan fingerprint density at radius 3 is 2.35 bits per heavy atom. The number of nitrogens with zero attached hydrogens (tertiary/aromatic N) is 1. The summed E-state index contributed by atoms with van der Waals surface area (Å²) < 4.78 is 0. The molecule has 2 N–H and O–H groups in total. The molecule has 0 heterocycles. The van der Waals surface area contributed by atoms with Gasteiger partial charge in [0.05, 0.1) is 0 Å². The zero-order chi connectivity index (χ0) is 12.8. The molecule has 1 aromatic rings. The Balaban J connectivity index is 2.63. The Hall–Kier alpha value is -1.55. The predicted molar refractivity (Wildman–Crippen MR) is 66.8 cm³/mol. The molecule has 2 amide bonds. The van der Waals surface area contributed by atoms with Gasteiger partial charge in [0.25, 0.3) is 0 Å². The zero-order valence-corrected chi connectivity index (χ0v) is 10.4. The van der Waals surface area contributed by atoms with E-state index in [1.54, 1.807) is 36.2 Å². The highest BCUT2D eigenvalue weighted by Crippen LogP contribution is 2.07. The van der Waals surface area contributed by atoms with E-state index < -0.39 is 5.91 Å². The molecule has 0 saturated carbocycles. The summed E-state index contributed by atoms with van der Waals surface area (Å²) in [6.45, 7) is 0.495. The van der Waals surface area contributed by atoms with Crippen molar-refractivity contribution in [2.24, 2.45) is 5.73 Å². The summed E-state index contributed by atoms with van der Waals surface area (Å²) in [6.07, 6.45) is 0.331. The van der Waals surface area contributed by atoms with Crippen LogP contribution in [0.25, 0.3) is 0 Å². The second-order valence-electron chi connectivity index (χ2n) is 3.75. The summed E-state index contributed by atoms with van der Waals surface area (Å²) in [6, 6.07) is 6.87. The van der Waals surface area contributed by atoms with Crippen LogP contribution in [0.5, 0.6) is 0 Å². The van der Waals surface area contributed by atoms with E-state index in [1.165, 1.54) is 0 Å². The maximum atomic E-state index is 11.5. The summed E-state index contributed by atoms with van der Waals surface area (Å²) in [4.78, 5) is 24.0. The Kier molecular flexibility index (Phi) is 4.97. The lowest BCUT2D eigenvalue weighted by Crippen LogP contribution is -2.26. The van der Waals surface area contributed by atoms with Crippen LogP contribution in [0, 0.1) is 0 Å². The third kappa shape index (κ3) is 4.07. The smallest absolute Gasteiger partial charge is 0.248 e. The molecule has 0 aliphatic heterocycles. The molecule has 1 rings (SSSR count). The van der Waals surface area contributed by atoms with E-state index >= 15 is 0 Å². The fourth-order valence-electron chi connectivity index (χ4n) is 1.41. The number of halogens is 1. The van der Waals surface area contributed by atoms with Crippen molar-refractivity contribution in [3.63, 3.8) is 0 Å². The second-order valence-corrected chi connectivity index (χ2v) is 4.13. The number of alkyl halides is 1. The predicted octanol–water partition coefficient (Wildman–Crippen LogP) is 1.37. The molecule has 0 atom stereocenters. The van der Waals surface area contributed by atoms with Crippen molar-refractivity contribution in [2.45, 2.75) is 13.0 Å². The van der Waals surface area contributed by atoms with Crippen LogP contribution < -0.4 is 5.73 Å². The molecule has 0 spiro atoms. The number of hydrogen-bond acceptors (Lipinski definition) is 2. The van der Waals surface area contributed by atoms with E-state index in [4.69, 9.17) is 17.3 Å². The minimum absolute atomic E-state index is 0.000947. The van der Waals surface area contributed by atoms with Gasteiger partial charge in [0.2, 0.25) is 11.8 Å². The van der Waals surface area contributed by atoms with Crippen LogP contribution in [0.4, 0.5) is 0 Å². The van der Waals surface area contributed by atoms with Crippen molar-refractivity contribution in [2.75, 3.05) is 12.9 Å². The lowest BCUT2D eigenvalue weighted by atomic mass is 10.1. The summed E-state index contributed by atoms with van der Waals surface area (Å²) >= 11 is 5.50. The Morgan fingerprint density at radius 1 is 1.29 bits per heavy atom. The molecule has 0 saturated heterocycles. The van der Waals surface area contributed by atoms with E-state index in [1.807, 2.05) is 0 Å². The van der Waals surface area contributed by atoms with Gasteiger partial charge in [-0.15, -0.1) is 11.6 Å². The molecule has 17 heavy (non-hydrogen) atoms. The lowest BCUT2D eigenvalue weighted by Gasteiger charge is -2.16. The Morgan fingerprint density at radius 2 is 1.88 bits per heavy atom. The van der Waals surface area contributed by atoms with Crippen LogP contribution in [0.3, 0.4) is 0 Å². The quantitative estimate of drug-likeness (QED) is 0.807. The van der Waals surface area contributed by atoms with Crippen LogP contribution in [0.2, 0.25) is 0 Å². The van der Waals surface area contributed by atoms with E-state index in [-0.39, 0.29) is 5.91 Å². The molecule has 0 aliphatic rings. The van der Waals surface area contributed by atoms with Crippen LogP contribution >= 0.6 is 11.6 Å². The number of amides is 2. The highest BCUT2D eigenvalue weighted by Gasteiger charge is 2.08. The molecule has 0 radical (unpaired) electrons. The highest BCUT2D eigenvalue weighted by atomic mass is 35.5. The number of carbonyl (C=O) groups excluding carboxylic acids is 2. The first-order valence-corrected chi connectivity index (χ1v) is 5.76. The molecule has 0 bridgehead atoms.